The van der Waals surface area contributed by atoms with Gasteiger partial charge in [0, 0.05) is 36.8 Å². The van der Waals surface area contributed by atoms with Gasteiger partial charge in [-0.3, -0.25) is 9.58 Å². The molecule has 0 atom stereocenters. The summed E-state index contributed by atoms with van der Waals surface area (Å²) < 4.78 is 6.94. The maximum atomic E-state index is 12.2. The first kappa shape index (κ1) is 15.5. The molecule has 0 aromatic carbocycles. The number of aliphatic hydroxyl groups is 1. The maximum absolute atomic E-state index is 12.2. The second-order valence-electron chi connectivity index (χ2n) is 6.10. The van der Waals surface area contributed by atoms with Gasteiger partial charge in [0.1, 0.15) is 0 Å². The van der Waals surface area contributed by atoms with Crippen LogP contribution in [0.3, 0.4) is 0 Å². The predicted octanol–water partition coefficient (Wildman–Crippen LogP) is 1.35. The van der Waals surface area contributed by atoms with E-state index in [1.807, 2.05) is 0 Å². The van der Waals surface area contributed by atoms with Gasteiger partial charge in [0.25, 0.3) is 0 Å². The molecular formula is C16H25N3O3. The fourth-order valence-corrected chi connectivity index (χ4v) is 3.74. The van der Waals surface area contributed by atoms with Crippen molar-refractivity contribution in [2.24, 2.45) is 0 Å². The zero-order valence-corrected chi connectivity index (χ0v) is 13.3. The Bertz CT molecular complexity index is 535. The van der Waals surface area contributed by atoms with Gasteiger partial charge in [-0.05, 0) is 19.8 Å². The van der Waals surface area contributed by atoms with E-state index in [9.17, 15) is 9.90 Å². The molecule has 3 rings (SSSR count). The molecule has 1 aliphatic carbocycles. The molecule has 1 fully saturated rings. The molecule has 0 radical (unpaired) electrons. The van der Waals surface area contributed by atoms with E-state index in [0.717, 1.165) is 30.8 Å². The summed E-state index contributed by atoms with van der Waals surface area (Å²) >= 11 is 0. The van der Waals surface area contributed by atoms with E-state index in [1.54, 1.807) is 11.6 Å². The van der Waals surface area contributed by atoms with Crippen LogP contribution in [0, 0.1) is 0 Å². The Kier molecular flexibility index (Phi) is 4.78. The Balaban J connectivity index is 1.87. The number of carbonyl (C=O) groups excluding carboxylic acids is 1. The second-order valence-corrected chi connectivity index (χ2v) is 6.10. The summed E-state index contributed by atoms with van der Waals surface area (Å²) in [6, 6.07) is 0.643. The summed E-state index contributed by atoms with van der Waals surface area (Å²) in [7, 11) is 0. The number of nitrogens with zero attached hydrogens (tertiary/aromatic N) is 3. The number of aromatic nitrogens is 2. The molecule has 122 valence electrons. The summed E-state index contributed by atoms with van der Waals surface area (Å²) in [4.78, 5) is 14.7. The van der Waals surface area contributed by atoms with Crippen molar-refractivity contribution in [2.45, 2.75) is 58.2 Å². The standard InChI is InChI=1S/C16H25N3O3/c1-2-22-16(21)15-13-11-18(12-5-3-4-6-12)8-7-14(13)19(17-15)9-10-20/h12,20H,2-11H2,1H3. The fourth-order valence-electron chi connectivity index (χ4n) is 3.74. The van der Waals surface area contributed by atoms with Gasteiger partial charge in [0.2, 0.25) is 0 Å². The molecule has 1 N–H and O–H groups in total. The van der Waals surface area contributed by atoms with E-state index in [4.69, 9.17) is 4.74 Å². The molecule has 2 heterocycles. The lowest BCUT2D eigenvalue weighted by Crippen LogP contribution is -2.38. The highest BCUT2D eigenvalue weighted by Gasteiger charge is 2.32. The molecule has 6 heteroatoms. The zero-order chi connectivity index (χ0) is 15.5. The van der Waals surface area contributed by atoms with Crippen LogP contribution in [0.4, 0.5) is 0 Å². The molecular weight excluding hydrogens is 282 g/mol. The van der Waals surface area contributed by atoms with Crippen molar-refractivity contribution >= 4 is 5.97 Å². The lowest BCUT2D eigenvalue weighted by molar-refractivity contribution is 0.0514. The summed E-state index contributed by atoms with van der Waals surface area (Å²) in [5.41, 5.74) is 2.53. The Hall–Kier alpha value is -1.40. The molecule has 0 spiro atoms. The zero-order valence-electron chi connectivity index (χ0n) is 13.3. The average Bonchev–Trinajstić information content (AvgIpc) is 3.15. The second kappa shape index (κ2) is 6.79. The molecule has 6 nitrogen and oxygen atoms in total. The third-order valence-electron chi connectivity index (χ3n) is 4.79. The number of fused-ring (bicyclic) bond motifs is 1. The van der Waals surface area contributed by atoms with Gasteiger partial charge in [0.05, 0.1) is 19.8 Å². The van der Waals surface area contributed by atoms with Crippen LogP contribution in [0.5, 0.6) is 0 Å². The number of rotatable bonds is 5. The smallest absolute Gasteiger partial charge is 0.359 e. The van der Waals surface area contributed by atoms with Crippen molar-refractivity contribution in [1.29, 1.82) is 0 Å². The van der Waals surface area contributed by atoms with Gasteiger partial charge in [-0.1, -0.05) is 12.8 Å². The molecule has 0 bridgehead atoms. The van der Waals surface area contributed by atoms with E-state index < -0.39 is 0 Å². The maximum Gasteiger partial charge on any atom is 0.359 e. The first-order valence-corrected chi connectivity index (χ1v) is 8.35. The molecule has 1 aromatic heterocycles. The van der Waals surface area contributed by atoms with Crippen LogP contribution in [-0.2, 0) is 24.2 Å². The first-order chi connectivity index (χ1) is 10.7. The van der Waals surface area contributed by atoms with Gasteiger partial charge < -0.3 is 9.84 Å². The minimum atomic E-state index is -0.344. The number of ether oxygens (including phenoxy) is 1. The van der Waals surface area contributed by atoms with Gasteiger partial charge >= 0.3 is 5.97 Å². The molecule has 0 amide bonds. The quantitative estimate of drug-likeness (QED) is 0.832. The van der Waals surface area contributed by atoms with Crippen molar-refractivity contribution in [2.75, 3.05) is 19.8 Å². The van der Waals surface area contributed by atoms with Crippen LogP contribution in [0.2, 0.25) is 0 Å². The third kappa shape index (κ3) is 2.90. The molecule has 22 heavy (non-hydrogen) atoms. The van der Waals surface area contributed by atoms with Gasteiger partial charge in [-0.2, -0.15) is 5.10 Å². The Labute approximate surface area is 131 Å². The molecule has 1 aliphatic heterocycles. The average molecular weight is 307 g/mol. The summed E-state index contributed by atoms with van der Waals surface area (Å²) in [5.74, 6) is -0.344. The molecule has 1 aromatic rings. The van der Waals surface area contributed by atoms with Crippen LogP contribution in [0.15, 0.2) is 0 Å². The highest BCUT2D eigenvalue weighted by molar-refractivity contribution is 5.89. The van der Waals surface area contributed by atoms with Crippen LogP contribution < -0.4 is 0 Å². The van der Waals surface area contributed by atoms with Crippen molar-refractivity contribution in [1.82, 2.24) is 14.7 Å². The van der Waals surface area contributed by atoms with Crippen molar-refractivity contribution < 1.29 is 14.6 Å². The monoisotopic (exact) mass is 307 g/mol. The molecule has 1 saturated carbocycles. The minimum absolute atomic E-state index is 0.0305. The highest BCUT2D eigenvalue weighted by Crippen LogP contribution is 2.30. The van der Waals surface area contributed by atoms with E-state index >= 15 is 0 Å². The first-order valence-electron chi connectivity index (χ1n) is 8.35. The highest BCUT2D eigenvalue weighted by atomic mass is 16.5. The van der Waals surface area contributed by atoms with Crippen molar-refractivity contribution in [3.63, 3.8) is 0 Å². The van der Waals surface area contributed by atoms with Gasteiger partial charge in [-0.25, -0.2) is 4.79 Å². The summed E-state index contributed by atoms with van der Waals surface area (Å²) in [6.45, 7) is 4.41. The van der Waals surface area contributed by atoms with Crippen molar-refractivity contribution in [3.8, 4) is 0 Å². The predicted molar refractivity (Wildman–Crippen MR) is 81.6 cm³/mol. The molecule has 0 saturated heterocycles. The van der Waals surface area contributed by atoms with Crippen LogP contribution >= 0.6 is 0 Å². The van der Waals surface area contributed by atoms with E-state index in [1.165, 1.54) is 25.7 Å². The van der Waals surface area contributed by atoms with Crippen LogP contribution in [0.25, 0.3) is 0 Å². The lowest BCUT2D eigenvalue weighted by atomic mass is 10.0. The normalized spacial score (nSPS) is 19.4. The number of esters is 1. The third-order valence-corrected chi connectivity index (χ3v) is 4.79. The Morgan fingerprint density at radius 2 is 2.18 bits per heavy atom. The Morgan fingerprint density at radius 1 is 1.41 bits per heavy atom. The van der Waals surface area contributed by atoms with Crippen LogP contribution in [-0.4, -0.2) is 51.6 Å². The summed E-state index contributed by atoms with van der Waals surface area (Å²) in [5, 5.41) is 13.6. The van der Waals surface area contributed by atoms with Crippen molar-refractivity contribution in [3.05, 3.63) is 17.0 Å². The summed E-state index contributed by atoms with van der Waals surface area (Å²) in [6.07, 6.45) is 6.02. The van der Waals surface area contributed by atoms with E-state index in [0.29, 0.717) is 24.9 Å². The number of aliphatic hydroxyl groups excluding tert-OH is 1. The van der Waals surface area contributed by atoms with Crippen LogP contribution in [0.1, 0.15) is 54.4 Å². The topological polar surface area (TPSA) is 67.6 Å². The number of hydrogen-bond acceptors (Lipinski definition) is 5. The minimum Gasteiger partial charge on any atom is -0.461 e. The number of carbonyl (C=O) groups is 1. The van der Waals surface area contributed by atoms with Gasteiger partial charge in [0.15, 0.2) is 5.69 Å². The fraction of sp³-hybridized carbons (Fsp3) is 0.750. The van der Waals surface area contributed by atoms with E-state index in [2.05, 4.69) is 10.00 Å². The number of hydrogen-bond donors (Lipinski definition) is 1. The SMILES string of the molecule is CCOC(=O)c1nn(CCO)c2c1CN(C1CCCC1)CC2. The lowest BCUT2D eigenvalue weighted by Gasteiger charge is -2.32. The Morgan fingerprint density at radius 3 is 2.86 bits per heavy atom. The molecule has 2 aliphatic rings. The van der Waals surface area contributed by atoms with E-state index in [-0.39, 0.29) is 12.6 Å². The molecule has 0 unspecified atom stereocenters. The largest absolute Gasteiger partial charge is 0.461 e. The van der Waals surface area contributed by atoms with Gasteiger partial charge in [-0.15, -0.1) is 0 Å².